The van der Waals surface area contributed by atoms with Crippen molar-refractivity contribution in [2.45, 2.75) is 18.9 Å². The van der Waals surface area contributed by atoms with Gasteiger partial charge in [0, 0.05) is 0 Å². The summed E-state index contributed by atoms with van der Waals surface area (Å²) in [5.74, 6) is -1.67. The summed E-state index contributed by atoms with van der Waals surface area (Å²) < 4.78 is 17.1. The molecule has 0 rings (SSSR count). The maximum absolute atomic E-state index is 12.3. The number of alkyl halides is 1. The Morgan fingerprint density at radius 1 is 1.38 bits per heavy atom. The second-order valence-corrected chi connectivity index (χ2v) is 3.35. The third kappa shape index (κ3) is 8.43. The first kappa shape index (κ1) is 17.5. The van der Waals surface area contributed by atoms with E-state index < -0.39 is 24.7 Å². The molecule has 0 aliphatic rings. The summed E-state index contributed by atoms with van der Waals surface area (Å²) in [6.45, 7) is -0.666. The molecule has 0 aromatic carbocycles. The lowest BCUT2D eigenvalue weighted by atomic mass is 10.3. The van der Waals surface area contributed by atoms with Gasteiger partial charge in [0.2, 0.25) is 0 Å². The predicted octanol–water partition coefficient (Wildman–Crippen LogP) is 0.716. The van der Waals surface area contributed by atoms with E-state index in [4.69, 9.17) is 9.84 Å². The van der Waals surface area contributed by atoms with Crippen LogP contribution in [0, 0.1) is 0 Å². The predicted molar refractivity (Wildman–Crippen MR) is 58.5 cm³/mol. The molecule has 0 saturated carbocycles. The van der Waals surface area contributed by atoms with Gasteiger partial charge in [0.25, 0.3) is 0 Å². The molecule has 0 saturated heterocycles. The van der Waals surface area contributed by atoms with Gasteiger partial charge in [0.05, 0.1) is 18.9 Å². The van der Waals surface area contributed by atoms with Gasteiger partial charge in [-0.2, -0.15) is 0 Å². The van der Waals surface area contributed by atoms with E-state index in [2.05, 4.69) is 0 Å². The number of rotatable bonds is 7. The molecule has 0 aliphatic carbocycles. The molecule has 0 aliphatic heterocycles. The van der Waals surface area contributed by atoms with Crippen molar-refractivity contribution in [1.29, 1.82) is 0 Å². The Kier molecular flexibility index (Phi) is 10.2. The molecule has 0 radical (unpaired) electrons. The average molecular weight is 258 g/mol. The Balaban J connectivity index is 0. The Hall–Kier alpha value is -0.880. The molecule has 0 heterocycles. The minimum Gasteiger partial charge on any atom is -0.481 e. The highest BCUT2D eigenvalue weighted by Gasteiger charge is 2.14. The van der Waals surface area contributed by atoms with Crippen LogP contribution in [0.2, 0.25) is 0 Å². The number of nitrogens with zero attached hydrogens (tertiary/aromatic N) is 1. The van der Waals surface area contributed by atoms with Crippen molar-refractivity contribution in [3.8, 4) is 0 Å². The summed E-state index contributed by atoms with van der Waals surface area (Å²) in [5, 5.41) is 8.30. The van der Waals surface area contributed by atoms with Gasteiger partial charge in [0.1, 0.15) is 13.3 Å². The number of carboxylic acids is 1. The van der Waals surface area contributed by atoms with Crippen molar-refractivity contribution >= 4 is 24.3 Å². The van der Waals surface area contributed by atoms with Crippen molar-refractivity contribution < 1.29 is 23.8 Å². The van der Waals surface area contributed by atoms with Gasteiger partial charge < -0.3 is 14.7 Å². The molecule has 0 unspecified atom stereocenters. The lowest BCUT2D eigenvalue weighted by Crippen LogP contribution is -2.35. The number of esters is 1. The number of hydrogen-bond acceptors (Lipinski definition) is 4. The zero-order valence-electron chi connectivity index (χ0n) is 9.31. The Morgan fingerprint density at radius 3 is 2.31 bits per heavy atom. The number of carbonyl (C=O) groups excluding carboxylic acids is 1. The normalized spacial score (nSPS) is 11.8. The van der Waals surface area contributed by atoms with Gasteiger partial charge in [-0.1, -0.05) is 0 Å². The van der Waals surface area contributed by atoms with Crippen LogP contribution in [0.25, 0.3) is 0 Å². The van der Waals surface area contributed by atoms with Crippen molar-refractivity contribution in [2.24, 2.45) is 0 Å². The van der Waals surface area contributed by atoms with Gasteiger partial charge in [-0.15, -0.1) is 12.4 Å². The molecule has 0 fully saturated rings. The fraction of sp³-hybridized carbons (Fsp3) is 0.778. The van der Waals surface area contributed by atoms with Crippen LogP contribution in [0.15, 0.2) is 0 Å². The van der Waals surface area contributed by atoms with E-state index in [1.54, 1.807) is 19.0 Å². The molecule has 0 amide bonds. The molecule has 16 heavy (non-hydrogen) atoms. The van der Waals surface area contributed by atoms with E-state index in [9.17, 15) is 14.0 Å². The van der Waals surface area contributed by atoms with Crippen LogP contribution in [-0.4, -0.2) is 55.4 Å². The zero-order chi connectivity index (χ0) is 11.8. The zero-order valence-corrected chi connectivity index (χ0v) is 10.1. The molecule has 1 N–H and O–H groups in total. The summed E-state index contributed by atoms with van der Waals surface area (Å²) >= 11 is 0. The van der Waals surface area contributed by atoms with E-state index in [0.717, 1.165) is 0 Å². The fourth-order valence-electron chi connectivity index (χ4n) is 0.802. The highest BCUT2D eigenvalue weighted by Crippen LogP contribution is 1.99. The molecule has 0 aromatic rings. The summed E-state index contributed by atoms with van der Waals surface area (Å²) in [6.07, 6.45) is -0.442. The number of ether oxygens (including phenoxy) is 1. The third-order valence-electron chi connectivity index (χ3n) is 1.89. The number of aliphatic carboxylic acids is 1. The highest BCUT2D eigenvalue weighted by atomic mass is 35.5. The Labute approximate surface area is 100.0 Å². The number of carboxylic acid groups (broad SMARTS) is 1. The van der Waals surface area contributed by atoms with Crippen molar-refractivity contribution in [3.05, 3.63) is 0 Å². The van der Waals surface area contributed by atoms with Crippen LogP contribution in [0.3, 0.4) is 0 Å². The summed E-state index contributed by atoms with van der Waals surface area (Å²) in [7, 11) is 3.35. The lowest BCUT2D eigenvalue weighted by molar-refractivity contribution is -0.149. The second kappa shape index (κ2) is 9.35. The lowest BCUT2D eigenvalue weighted by Gasteiger charge is -2.20. The van der Waals surface area contributed by atoms with Crippen molar-refractivity contribution in [2.75, 3.05) is 27.4 Å². The Morgan fingerprint density at radius 2 is 1.94 bits per heavy atom. The maximum atomic E-state index is 12.3. The highest BCUT2D eigenvalue weighted by molar-refractivity contribution is 5.85. The molecule has 0 spiro atoms. The van der Waals surface area contributed by atoms with E-state index in [0.29, 0.717) is 0 Å². The third-order valence-corrected chi connectivity index (χ3v) is 1.89. The first-order valence-electron chi connectivity index (χ1n) is 4.57. The summed E-state index contributed by atoms with van der Waals surface area (Å²) in [4.78, 5) is 22.7. The number of hydrogen-bond donors (Lipinski definition) is 1. The van der Waals surface area contributed by atoms with Gasteiger partial charge in [0.15, 0.2) is 0 Å². The van der Waals surface area contributed by atoms with Gasteiger partial charge >= 0.3 is 11.9 Å². The fourth-order valence-corrected chi connectivity index (χ4v) is 0.802. The van der Waals surface area contributed by atoms with Crippen LogP contribution < -0.4 is 0 Å². The van der Waals surface area contributed by atoms with Crippen LogP contribution in [0.1, 0.15) is 12.8 Å². The summed E-state index contributed by atoms with van der Waals surface area (Å²) in [5.41, 5.74) is 0. The van der Waals surface area contributed by atoms with Gasteiger partial charge in [-0.25, -0.2) is 4.39 Å². The smallest absolute Gasteiger partial charge is 0.306 e. The minimum absolute atomic E-state index is 0. The molecule has 0 bridgehead atoms. The van der Waals surface area contributed by atoms with E-state index in [-0.39, 0.29) is 31.9 Å². The van der Waals surface area contributed by atoms with Crippen LogP contribution in [0.4, 0.5) is 4.39 Å². The molecular formula is C9H17ClFNO4. The molecule has 5 nitrogen and oxygen atoms in total. The number of halogens is 2. The summed E-state index contributed by atoms with van der Waals surface area (Å²) in [6, 6.07) is -0.473. The standard InChI is InChI=1S/C9H16FNO4.ClH/c1-11(2)7(5-10)6-15-9(14)4-3-8(12)13;/h7H,3-6H2,1-2H3,(H,12,13);1H/t7-;/m1./s1. The molecule has 96 valence electrons. The maximum Gasteiger partial charge on any atom is 0.306 e. The van der Waals surface area contributed by atoms with Crippen molar-refractivity contribution in [1.82, 2.24) is 4.90 Å². The van der Waals surface area contributed by atoms with Crippen LogP contribution in [0.5, 0.6) is 0 Å². The quantitative estimate of drug-likeness (QED) is 0.681. The van der Waals surface area contributed by atoms with E-state index >= 15 is 0 Å². The molecule has 0 aromatic heterocycles. The average Bonchev–Trinajstić information content (AvgIpc) is 2.15. The topological polar surface area (TPSA) is 66.8 Å². The molecule has 1 atom stereocenters. The minimum atomic E-state index is -1.05. The SMILES string of the molecule is CN(C)[C@H](CF)COC(=O)CCC(=O)O.Cl. The Bertz CT molecular complexity index is 226. The largest absolute Gasteiger partial charge is 0.481 e. The number of likely N-dealkylation sites (N-methyl/N-ethyl adjacent to an activating group) is 1. The van der Waals surface area contributed by atoms with Crippen LogP contribution >= 0.6 is 12.4 Å². The first-order valence-corrected chi connectivity index (χ1v) is 4.57. The number of carbonyl (C=O) groups is 2. The van der Waals surface area contributed by atoms with Gasteiger partial charge in [-0.3, -0.25) is 9.59 Å². The monoisotopic (exact) mass is 257 g/mol. The molecular weight excluding hydrogens is 241 g/mol. The molecule has 7 heteroatoms. The van der Waals surface area contributed by atoms with Gasteiger partial charge in [-0.05, 0) is 14.1 Å². The second-order valence-electron chi connectivity index (χ2n) is 3.35. The van der Waals surface area contributed by atoms with Crippen LogP contribution in [-0.2, 0) is 14.3 Å². The van der Waals surface area contributed by atoms with E-state index in [1.807, 2.05) is 0 Å². The van der Waals surface area contributed by atoms with E-state index in [1.165, 1.54) is 0 Å². The van der Waals surface area contributed by atoms with Crippen molar-refractivity contribution in [3.63, 3.8) is 0 Å². The first-order chi connectivity index (χ1) is 6.97.